The van der Waals surface area contributed by atoms with Crippen LogP contribution >= 0.6 is 0 Å². The summed E-state index contributed by atoms with van der Waals surface area (Å²) in [7, 11) is -3.53. The quantitative estimate of drug-likeness (QED) is 0.681. The lowest BCUT2D eigenvalue weighted by Crippen LogP contribution is -2.46. The molecule has 0 fully saturated rings. The summed E-state index contributed by atoms with van der Waals surface area (Å²) in [5.41, 5.74) is 0. The molecule has 3 nitrogen and oxygen atoms in total. The minimum atomic E-state index is -1.83. The van der Waals surface area contributed by atoms with Crippen LogP contribution in [0.5, 0.6) is 0 Å². The van der Waals surface area contributed by atoms with Crippen molar-refractivity contribution in [3.05, 3.63) is 0 Å². The Balaban J connectivity index is 4.49. The fraction of sp³-hybridized carbons (Fsp3) is 1.00. The first-order valence-electron chi connectivity index (χ1n) is 8.07. The van der Waals surface area contributed by atoms with Crippen molar-refractivity contribution in [2.45, 2.75) is 90.3 Å². The van der Waals surface area contributed by atoms with Gasteiger partial charge in [0.25, 0.3) is 0 Å². The Morgan fingerprint density at radius 1 is 0.857 bits per heavy atom. The van der Waals surface area contributed by atoms with Gasteiger partial charge in [-0.05, 0) is 42.7 Å². The standard InChI is InChI=1S/C16H38O3Si2/c1-15(2,3)20(7,8)18-12-11-14(13-17)19-21(9,10)16(4,5)6/h14,17H,11-13H2,1-10H3/t14-/m0/s1. The topological polar surface area (TPSA) is 38.7 Å². The number of rotatable bonds is 7. The van der Waals surface area contributed by atoms with E-state index in [1.165, 1.54) is 0 Å². The Morgan fingerprint density at radius 3 is 1.62 bits per heavy atom. The third-order valence-corrected chi connectivity index (χ3v) is 14.3. The molecule has 0 aromatic heterocycles. The zero-order chi connectivity index (χ0) is 17.1. The van der Waals surface area contributed by atoms with Crippen LogP contribution in [0.4, 0.5) is 0 Å². The Morgan fingerprint density at radius 2 is 1.29 bits per heavy atom. The van der Waals surface area contributed by atoms with E-state index in [9.17, 15) is 5.11 Å². The SMILES string of the molecule is CC(C)(C)[Si](C)(C)OCC[C@@H](CO)O[Si](C)(C)C(C)(C)C. The van der Waals surface area contributed by atoms with Crippen LogP contribution in [0.3, 0.4) is 0 Å². The molecule has 0 rings (SSSR count). The third-order valence-electron chi connectivity index (χ3n) is 5.18. The van der Waals surface area contributed by atoms with Gasteiger partial charge in [0.2, 0.25) is 0 Å². The summed E-state index contributed by atoms with van der Waals surface area (Å²) in [6.45, 7) is 23.1. The first kappa shape index (κ1) is 21.3. The van der Waals surface area contributed by atoms with E-state index in [-0.39, 0.29) is 22.8 Å². The van der Waals surface area contributed by atoms with Crippen LogP contribution in [0, 0.1) is 0 Å². The second kappa shape index (κ2) is 7.26. The fourth-order valence-electron chi connectivity index (χ4n) is 1.44. The first-order valence-corrected chi connectivity index (χ1v) is 13.9. The summed E-state index contributed by atoms with van der Waals surface area (Å²) in [4.78, 5) is 0. The lowest BCUT2D eigenvalue weighted by Gasteiger charge is -2.40. The van der Waals surface area contributed by atoms with E-state index in [1.54, 1.807) is 0 Å². The predicted octanol–water partition coefficient (Wildman–Crippen LogP) is 4.78. The zero-order valence-electron chi connectivity index (χ0n) is 16.0. The number of hydrogen-bond donors (Lipinski definition) is 1. The van der Waals surface area contributed by atoms with Gasteiger partial charge < -0.3 is 14.0 Å². The van der Waals surface area contributed by atoms with Gasteiger partial charge in [0, 0.05) is 6.61 Å². The molecule has 0 aliphatic rings. The summed E-state index contributed by atoms with van der Waals surface area (Å²) < 4.78 is 12.5. The van der Waals surface area contributed by atoms with Crippen molar-refractivity contribution in [2.24, 2.45) is 0 Å². The predicted molar refractivity (Wildman–Crippen MR) is 96.9 cm³/mol. The highest BCUT2D eigenvalue weighted by molar-refractivity contribution is 6.74. The maximum absolute atomic E-state index is 9.60. The second-order valence-corrected chi connectivity index (χ2v) is 18.6. The Labute approximate surface area is 134 Å². The van der Waals surface area contributed by atoms with Crippen molar-refractivity contribution in [1.29, 1.82) is 0 Å². The van der Waals surface area contributed by atoms with E-state index in [0.29, 0.717) is 6.61 Å². The van der Waals surface area contributed by atoms with E-state index in [0.717, 1.165) is 6.42 Å². The fourth-order valence-corrected chi connectivity index (χ4v) is 3.88. The number of aliphatic hydroxyl groups excluding tert-OH is 1. The van der Waals surface area contributed by atoms with Crippen LogP contribution in [0.1, 0.15) is 48.0 Å². The van der Waals surface area contributed by atoms with Crippen molar-refractivity contribution in [3.63, 3.8) is 0 Å². The van der Waals surface area contributed by atoms with Crippen LogP contribution < -0.4 is 0 Å². The molecule has 0 saturated carbocycles. The molecule has 0 bridgehead atoms. The molecule has 21 heavy (non-hydrogen) atoms. The van der Waals surface area contributed by atoms with Crippen LogP contribution in [0.25, 0.3) is 0 Å². The average Bonchev–Trinajstić information content (AvgIpc) is 2.24. The molecule has 0 radical (unpaired) electrons. The van der Waals surface area contributed by atoms with Crippen molar-refractivity contribution in [1.82, 2.24) is 0 Å². The van der Waals surface area contributed by atoms with Crippen molar-refractivity contribution < 1.29 is 14.0 Å². The molecular formula is C16H38O3Si2. The van der Waals surface area contributed by atoms with Gasteiger partial charge in [-0.15, -0.1) is 0 Å². The maximum atomic E-state index is 9.60. The molecule has 0 saturated heterocycles. The molecule has 0 heterocycles. The molecule has 0 aromatic carbocycles. The highest BCUT2D eigenvalue weighted by Crippen LogP contribution is 2.38. The van der Waals surface area contributed by atoms with Crippen molar-refractivity contribution >= 4 is 16.6 Å². The van der Waals surface area contributed by atoms with Gasteiger partial charge >= 0.3 is 0 Å². The van der Waals surface area contributed by atoms with E-state index in [2.05, 4.69) is 67.7 Å². The summed E-state index contributed by atoms with van der Waals surface area (Å²) in [5.74, 6) is 0. The van der Waals surface area contributed by atoms with Gasteiger partial charge in [-0.1, -0.05) is 41.5 Å². The summed E-state index contributed by atoms with van der Waals surface area (Å²) in [6, 6.07) is 0. The van der Waals surface area contributed by atoms with Crippen LogP contribution in [-0.2, 0) is 8.85 Å². The summed E-state index contributed by atoms with van der Waals surface area (Å²) >= 11 is 0. The highest BCUT2D eigenvalue weighted by Gasteiger charge is 2.40. The summed E-state index contributed by atoms with van der Waals surface area (Å²) in [5, 5.41) is 9.99. The minimum Gasteiger partial charge on any atom is -0.417 e. The Hall–Kier alpha value is 0.314. The minimum absolute atomic E-state index is 0.0768. The monoisotopic (exact) mass is 334 g/mol. The van der Waals surface area contributed by atoms with Gasteiger partial charge in [-0.3, -0.25) is 0 Å². The number of hydrogen-bond acceptors (Lipinski definition) is 3. The molecule has 0 amide bonds. The second-order valence-electron chi connectivity index (χ2n) is 9.08. The lowest BCUT2D eigenvalue weighted by molar-refractivity contribution is 0.0810. The van der Waals surface area contributed by atoms with Crippen LogP contribution in [0.2, 0.25) is 36.3 Å². The zero-order valence-corrected chi connectivity index (χ0v) is 18.0. The molecule has 128 valence electrons. The van der Waals surface area contributed by atoms with E-state index >= 15 is 0 Å². The molecule has 0 unspecified atom stereocenters. The van der Waals surface area contributed by atoms with Crippen molar-refractivity contribution in [2.75, 3.05) is 13.2 Å². The maximum Gasteiger partial charge on any atom is 0.192 e. The molecule has 1 N–H and O–H groups in total. The number of aliphatic hydroxyl groups is 1. The van der Waals surface area contributed by atoms with Gasteiger partial charge in [0.05, 0.1) is 12.7 Å². The smallest absolute Gasteiger partial charge is 0.192 e. The third kappa shape index (κ3) is 6.52. The highest BCUT2D eigenvalue weighted by atomic mass is 28.4. The van der Waals surface area contributed by atoms with Gasteiger partial charge in [-0.25, -0.2) is 0 Å². The van der Waals surface area contributed by atoms with Crippen molar-refractivity contribution in [3.8, 4) is 0 Å². The van der Waals surface area contributed by atoms with Crippen LogP contribution in [0.15, 0.2) is 0 Å². The first-order chi connectivity index (χ1) is 9.14. The normalized spacial score (nSPS) is 16.1. The molecule has 0 aromatic rings. The van der Waals surface area contributed by atoms with E-state index < -0.39 is 16.6 Å². The van der Waals surface area contributed by atoms with Crippen LogP contribution in [-0.4, -0.2) is 41.1 Å². The summed E-state index contributed by atoms with van der Waals surface area (Å²) in [6.07, 6.45) is 0.672. The van der Waals surface area contributed by atoms with Gasteiger partial charge in [0.1, 0.15) is 0 Å². The molecule has 5 heteroatoms. The molecular weight excluding hydrogens is 296 g/mol. The Bertz CT molecular complexity index is 314. The van der Waals surface area contributed by atoms with E-state index in [4.69, 9.17) is 8.85 Å². The van der Waals surface area contributed by atoms with Gasteiger partial charge in [0.15, 0.2) is 16.6 Å². The molecule has 0 spiro atoms. The molecule has 0 aliphatic heterocycles. The average molecular weight is 335 g/mol. The Kier molecular flexibility index (Phi) is 7.37. The van der Waals surface area contributed by atoms with Gasteiger partial charge in [-0.2, -0.15) is 0 Å². The largest absolute Gasteiger partial charge is 0.417 e. The molecule has 0 aliphatic carbocycles. The lowest BCUT2D eigenvalue weighted by atomic mass is 10.2. The van der Waals surface area contributed by atoms with E-state index in [1.807, 2.05) is 0 Å². The molecule has 1 atom stereocenters.